The second kappa shape index (κ2) is 64.5. The van der Waals surface area contributed by atoms with Crippen molar-refractivity contribution in [1.82, 2.24) is 5.32 Å². The van der Waals surface area contributed by atoms with E-state index in [9.17, 15) is 61.0 Å². The van der Waals surface area contributed by atoms with E-state index in [1.165, 1.54) is 193 Å². The van der Waals surface area contributed by atoms with E-state index in [0.29, 0.717) is 12.8 Å². The number of aliphatic hydroxyl groups is 11. The zero-order valence-corrected chi connectivity index (χ0v) is 64.5. The number of nitrogens with one attached hydrogen (secondary N) is 1. The summed E-state index contributed by atoms with van der Waals surface area (Å²) in [6.45, 7) is 1.62. The average Bonchev–Trinajstić information content (AvgIpc) is 0.783. The molecule has 17 atom stereocenters. The van der Waals surface area contributed by atoms with Crippen molar-refractivity contribution in [2.24, 2.45) is 0 Å². The molecule has 3 rings (SSSR count). The van der Waals surface area contributed by atoms with E-state index in [1.54, 1.807) is 6.08 Å². The van der Waals surface area contributed by atoms with E-state index in [0.717, 1.165) is 77.0 Å². The number of ether oxygens (including phenoxy) is 6. The zero-order chi connectivity index (χ0) is 75.3. The van der Waals surface area contributed by atoms with Gasteiger partial charge in [-0.2, -0.15) is 0 Å². The van der Waals surface area contributed by atoms with Crippen LogP contribution in [0.1, 0.15) is 303 Å². The first-order valence-electron chi connectivity index (χ1n) is 41.5. The highest BCUT2D eigenvalue weighted by atomic mass is 16.8. The molecule has 3 saturated heterocycles. The molecule has 3 heterocycles. The third kappa shape index (κ3) is 43.8. The van der Waals surface area contributed by atoms with E-state index in [4.69, 9.17) is 28.4 Å². The predicted octanol–water partition coefficient (Wildman–Crippen LogP) is 14.3. The average molecular weight is 1470 g/mol. The molecule has 0 bridgehead atoms. The molecule has 3 aliphatic heterocycles. The Hall–Kier alpha value is -3.29. The van der Waals surface area contributed by atoms with Crippen molar-refractivity contribution in [1.29, 1.82) is 0 Å². The van der Waals surface area contributed by atoms with Crippen molar-refractivity contribution in [3.8, 4) is 0 Å². The lowest BCUT2D eigenvalue weighted by atomic mass is 9.96. The molecule has 0 aromatic carbocycles. The smallest absolute Gasteiger partial charge is 0.220 e. The van der Waals surface area contributed by atoms with Crippen LogP contribution in [0.5, 0.6) is 0 Å². The molecule has 0 aromatic rings. The summed E-state index contributed by atoms with van der Waals surface area (Å²) in [5.74, 6) is -0.287. The molecule has 0 aliphatic carbocycles. The Morgan fingerprint density at radius 3 is 1.08 bits per heavy atom. The maximum atomic E-state index is 13.5. The molecule has 602 valence electrons. The lowest BCUT2D eigenvalue weighted by Crippen LogP contribution is -2.66. The third-order valence-corrected chi connectivity index (χ3v) is 20.1. The molecule has 1 amide bonds. The van der Waals surface area contributed by atoms with Crippen molar-refractivity contribution in [3.05, 3.63) is 97.2 Å². The molecule has 12 N–H and O–H groups in total. The van der Waals surface area contributed by atoms with Crippen molar-refractivity contribution in [3.63, 3.8) is 0 Å². The molecule has 19 heteroatoms. The SMILES string of the molecule is CC/C=C\C/C=C\C/C=C\C/C=C\C/C=C\CCCCCCCCCCCCCCCCCCCCCCCCCC(=O)NC(COC1OC(CO)C(OC2OC(CO)C(OC3OC(CO)C(O)C(O)C3O)C(O)C2O)C(O)C1O)C(O)/C=C/CC/C=C/CC/C=C/CCCCCCCCCCCC. The maximum Gasteiger partial charge on any atom is 0.220 e. The van der Waals surface area contributed by atoms with Gasteiger partial charge in [-0.3, -0.25) is 4.79 Å². The van der Waals surface area contributed by atoms with Gasteiger partial charge >= 0.3 is 0 Å². The fraction of sp³-hybridized carbons (Fsp3) is 0.800. The van der Waals surface area contributed by atoms with Gasteiger partial charge in [0.25, 0.3) is 0 Å². The summed E-state index contributed by atoms with van der Waals surface area (Å²) in [4.78, 5) is 13.5. The minimum absolute atomic E-state index is 0.231. The lowest BCUT2D eigenvalue weighted by Gasteiger charge is -2.48. The van der Waals surface area contributed by atoms with Crippen LogP contribution in [0.3, 0.4) is 0 Å². The summed E-state index contributed by atoms with van der Waals surface area (Å²) in [5.41, 5.74) is 0. The molecular weight excluding hydrogens is 1320 g/mol. The second-order valence-electron chi connectivity index (χ2n) is 29.2. The van der Waals surface area contributed by atoms with E-state index < -0.39 is 124 Å². The van der Waals surface area contributed by atoms with E-state index in [-0.39, 0.29) is 18.9 Å². The standard InChI is InChI=1S/C85H149NO18/c1-3-5-7-9-11-13-15-17-19-21-23-25-26-27-28-29-30-31-32-33-34-35-36-37-38-39-40-41-42-43-45-47-49-51-53-55-57-59-61-63-73(91)86-68(69(90)62-60-58-56-54-52-50-48-46-44-24-22-20-18-16-14-12-10-8-6-4-2)67-99-83-79(97)76(94)81(71(65-88)101-83)104-85-80(98)77(95)82(72(66-89)102-85)103-84-78(96)75(93)74(92)70(64-87)100-84/h5,7,11,13,17,19,23,25,27-28,44,46,52,54,60,62,68-72,74-85,87-90,92-98H,3-4,6,8-10,12,14-16,18,20-22,24,26,29-43,45,47-51,53,55-59,61,63-67H2,1-2H3,(H,86,91)/b7-5-,13-11-,19-17-,25-23-,28-27-,46-44+,54-52+,62-60+. The zero-order valence-electron chi connectivity index (χ0n) is 64.5. The van der Waals surface area contributed by atoms with Crippen molar-refractivity contribution < 1.29 is 89.4 Å². The molecule has 0 aromatic heterocycles. The largest absolute Gasteiger partial charge is 0.394 e. The number of rotatable bonds is 65. The van der Waals surface area contributed by atoms with Crippen LogP contribution in [0.4, 0.5) is 0 Å². The fourth-order valence-electron chi connectivity index (χ4n) is 13.5. The van der Waals surface area contributed by atoms with Gasteiger partial charge in [0.1, 0.15) is 73.2 Å². The van der Waals surface area contributed by atoms with Crippen molar-refractivity contribution >= 4 is 5.91 Å². The molecule has 19 nitrogen and oxygen atoms in total. The number of amides is 1. The van der Waals surface area contributed by atoms with Crippen LogP contribution in [0.15, 0.2) is 97.2 Å². The molecule has 0 saturated carbocycles. The predicted molar refractivity (Wildman–Crippen MR) is 415 cm³/mol. The number of allylic oxidation sites excluding steroid dienone is 15. The molecule has 0 spiro atoms. The Morgan fingerprint density at radius 1 is 0.356 bits per heavy atom. The minimum atomic E-state index is -1.99. The molecular formula is C85H149NO18. The highest BCUT2D eigenvalue weighted by molar-refractivity contribution is 5.76. The second-order valence-corrected chi connectivity index (χ2v) is 29.2. The van der Waals surface area contributed by atoms with Crippen LogP contribution in [0.2, 0.25) is 0 Å². The summed E-state index contributed by atoms with van der Waals surface area (Å²) >= 11 is 0. The number of carbonyl (C=O) groups is 1. The molecule has 3 fully saturated rings. The topological polar surface area (TPSA) is 307 Å². The van der Waals surface area contributed by atoms with Crippen LogP contribution >= 0.6 is 0 Å². The van der Waals surface area contributed by atoms with Crippen molar-refractivity contribution in [2.45, 2.75) is 407 Å². The Morgan fingerprint density at radius 2 is 0.673 bits per heavy atom. The van der Waals surface area contributed by atoms with E-state index >= 15 is 0 Å². The summed E-state index contributed by atoms with van der Waals surface area (Å²) in [5, 5.41) is 121. The Bertz CT molecular complexity index is 2260. The monoisotopic (exact) mass is 1470 g/mol. The Balaban J connectivity index is 1.32. The molecule has 3 aliphatic rings. The lowest BCUT2D eigenvalue weighted by molar-refractivity contribution is -0.379. The number of carbonyl (C=O) groups excluding carboxylic acids is 1. The first-order valence-corrected chi connectivity index (χ1v) is 41.5. The van der Waals surface area contributed by atoms with Crippen LogP contribution in [-0.4, -0.2) is 193 Å². The van der Waals surface area contributed by atoms with Crippen LogP contribution in [0, 0.1) is 0 Å². The Labute approximate surface area is 628 Å². The first kappa shape index (κ1) is 94.9. The van der Waals surface area contributed by atoms with Crippen LogP contribution in [0.25, 0.3) is 0 Å². The molecule has 104 heavy (non-hydrogen) atoms. The maximum absolute atomic E-state index is 13.5. The van der Waals surface area contributed by atoms with Crippen molar-refractivity contribution in [2.75, 3.05) is 26.4 Å². The number of aliphatic hydroxyl groups excluding tert-OH is 11. The van der Waals surface area contributed by atoms with Crippen LogP contribution in [-0.2, 0) is 33.2 Å². The normalized spacial score (nSPS) is 26.4. The Kier molecular flexibility index (Phi) is 58.9. The number of hydrogen-bond acceptors (Lipinski definition) is 18. The third-order valence-electron chi connectivity index (χ3n) is 20.1. The highest BCUT2D eigenvalue weighted by Gasteiger charge is 2.54. The quantitative estimate of drug-likeness (QED) is 0.0199. The summed E-state index contributed by atoms with van der Waals surface area (Å²) in [6, 6.07) is -1.00. The fourth-order valence-corrected chi connectivity index (χ4v) is 13.5. The van der Waals surface area contributed by atoms with Gasteiger partial charge in [0.15, 0.2) is 18.9 Å². The van der Waals surface area contributed by atoms with Gasteiger partial charge in [-0.25, -0.2) is 0 Å². The molecule has 0 radical (unpaired) electrons. The highest BCUT2D eigenvalue weighted by Crippen LogP contribution is 2.33. The van der Waals surface area contributed by atoms with Gasteiger partial charge in [-0.05, 0) is 89.9 Å². The summed E-state index contributed by atoms with van der Waals surface area (Å²) < 4.78 is 34.4. The van der Waals surface area contributed by atoms with Gasteiger partial charge in [-0.15, -0.1) is 0 Å². The van der Waals surface area contributed by atoms with E-state index in [2.05, 4.69) is 104 Å². The number of hydrogen-bond donors (Lipinski definition) is 12. The molecule has 17 unspecified atom stereocenters. The van der Waals surface area contributed by atoms with Crippen LogP contribution < -0.4 is 5.32 Å². The van der Waals surface area contributed by atoms with E-state index in [1.807, 2.05) is 6.08 Å². The summed E-state index contributed by atoms with van der Waals surface area (Å²) in [7, 11) is 0. The first-order chi connectivity index (χ1) is 50.8. The minimum Gasteiger partial charge on any atom is -0.394 e. The van der Waals surface area contributed by atoms with Gasteiger partial charge in [-0.1, -0.05) is 304 Å². The van der Waals surface area contributed by atoms with Gasteiger partial charge in [0, 0.05) is 6.42 Å². The van der Waals surface area contributed by atoms with Gasteiger partial charge < -0.3 is 89.9 Å². The van der Waals surface area contributed by atoms with Gasteiger partial charge in [0.2, 0.25) is 5.91 Å². The van der Waals surface area contributed by atoms with Gasteiger partial charge in [0.05, 0.1) is 38.6 Å². The number of unbranched alkanes of at least 4 members (excludes halogenated alkanes) is 35. The summed E-state index contributed by atoms with van der Waals surface area (Å²) in [6.07, 6.45) is 61.3.